The molecule has 122 valence electrons. The maximum Gasteiger partial charge on any atom is 0.316 e. The van der Waals surface area contributed by atoms with Crippen LogP contribution in [0.1, 0.15) is 50.2 Å². The molecule has 1 aliphatic rings. The van der Waals surface area contributed by atoms with Gasteiger partial charge in [-0.3, -0.25) is 4.79 Å². The summed E-state index contributed by atoms with van der Waals surface area (Å²) in [6.45, 7) is 3.95. The van der Waals surface area contributed by atoms with Crippen molar-refractivity contribution in [3.63, 3.8) is 0 Å². The van der Waals surface area contributed by atoms with Crippen LogP contribution < -0.4 is 10.1 Å². The van der Waals surface area contributed by atoms with Gasteiger partial charge in [0.15, 0.2) is 0 Å². The summed E-state index contributed by atoms with van der Waals surface area (Å²) in [5.74, 6) is 0.897. The molecule has 0 aliphatic heterocycles. The lowest BCUT2D eigenvalue weighted by Crippen LogP contribution is -2.32. The summed E-state index contributed by atoms with van der Waals surface area (Å²) in [6.07, 6.45) is 4.47. The van der Waals surface area contributed by atoms with Crippen molar-refractivity contribution in [2.24, 2.45) is 0 Å². The van der Waals surface area contributed by atoms with Crippen molar-refractivity contribution < 1.29 is 14.1 Å². The Labute approximate surface area is 135 Å². The highest BCUT2D eigenvalue weighted by molar-refractivity contribution is 5.90. The van der Waals surface area contributed by atoms with Crippen molar-refractivity contribution in [2.45, 2.75) is 51.7 Å². The van der Waals surface area contributed by atoms with Gasteiger partial charge in [0.25, 0.3) is 0 Å². The topological polar surface area (TPSA) is 77.2 Å². The van der Waals surface area contributed by atoms with Gasteiger partial charge in [-0.15, -0.1) is 0 Å². The first-order chi connectivity index (χ1) is 11.1. The minimum Gasteiger partial charge on any atom is -0.491 e. The normalized spacial score (nSPS) is 15.1. The first kappa shape index (κ1) is 15.5. The molecule has 6 heteroatoms. The van der Waals surface area contributed by atoms with E-state index in [1.807, 2.05) is 38.1 Å². The predicted octanol–water partition coefficient (Wildman–Crippen LogP) is 3.20. The van der Waals surface area contributed by atoms with Crippen LogP contribution in [0.15, 0.2) is 28.8 Å². The van der Waals surface area contributed by atoms with Crippen LogP contribution in [0.25, 0.3) is 11.4 Å². The molecule has 1 aromatic heterocycles. The Morgan fingerprint density at radius 1 is 1.26 bits per heavy atom. The van der Waals surface area contributed by atoms with Gasteiger partial charge in [-0.25, -0.2) is 0 Å². The molecular formula is C17H21N3O3. The molecule has 1 N–H and O–H groups in total. The Hall–Kier alpha value is -2.37. The SMILES string of the molecule is CC(C)Oc1ccc(-c2noc(C(=O)NC3CCCC3)n2)cc1. The van der Waals surface area contributed by atoms with Gasteiger partial charge in [-0.2, -0.15) is 4.98 Å². The van der Waals surface area contributed by atoms with Gasteiger partial charge >= 0.3 is 11.8 Å². The van der Waals surface area contributed by atoms with Gasteiger partial charge in [-0.05, 0) is 51.0 Å². The molecule has 0 radical (unpaired) electrons. The summed E-state index contributed by atoms with van der Waals surface area (Å²) < 4.78 is 10.7. The third kappa shape index (κ3) is 3.88. The highest BCUT2D eigenvalue weighted by atomic mass is 16.5. The second-order valence-corrected chi connectivity index (χ2v) is 6.07. The quantitative estimate of drug-likeness (QED) is 0.917. The molecule has 1 fully saturated rings. The van der Waals surface area contributed by atoms with Crippen LogP contribution in [0, 0.1) is 0 Å². The summed E-state index contributed by atoms with van der Waals surface area (Å²) in [5, 5.41) is 6.82. The number of aromatic nitrogens is 2. The minimum atomic E-state index is -0.296. The van der Waals surface area contributed by atoms with Gasteiger partial charge in [0.2, 0.25) is 5.82 Å². The van der Waals surface area contributed by atoms with E-state index in [1.54, 1.807) is 0 Å². The van der Waals surface area contributed by atoms with Crippen molar-refractivity contribution in [1.82, 2.24) is 15.5 Å². The summed E-state index contributed by atoms with van der Waals surface area (Å²) >= 11 is 0. The van der Waals surface area contributed by atoms with E-state index in [9.17, 15) is 4.79 Å². The largest absolute Gasteiger partial charge is 0.491 e. The zero-order valence-electron chi connectivity index (χ0n) is 13.4. The molecular weight excluding hydrogens is 294 g/mol. The molecule has 6 nitrogen and oxygen atoms in total. The van der Waals surface area contributed by atoms with Crippen molar-refractivity contribution in [3.05, 3.63) is 30.2 Å². The zero-order chi connectivity index (χ0) is 16.2. The molecule has 0 saturated heterocycles. The van der Waals surface area contributed by atoms with Crippen molar-refractivity contribution in [2.75, 3.05) is 0 Å². The summed E-state index contributed by atoms with van der Waals surface area (Å²) in [7, 11) is 0. The number of hydrogen-bond acceptors (Lipinski definition) is 5. The highest BCUT2D eigenvalue weighted by Gasteiger charge is 2.22. The number of carbonyl (C=O) groups excluding carboxylic acids is 1. The Bertz CT molecular complexity index is 658. The summed E-state index contributed by atoms with van der Waals surface area (Å²) in [6, 6.07) is 7.63. The number of rotatable bonds is 5. The molecule has 1 saturated carbocycles. The lowest BCUT2D eigenvalue weighted by molar-refractivity contribution is 0.0893. The second-order valence-electron chi connectivity index (χ2n) is 6.07. The smallest absolute Gasteiger partial charge is 0.316 e. The van der Waals surface area contributed by atoms with Crippen LogP contribution in [0.4, 0.5) is 0 Å². The third-order valence-electron chi connectivity index (χ3n) is 3.79. The lowest BCUT2D eigenvalue weighted by Gasteiger charge is -2.09. The number of nitrogens with one attached hydrogen (secondary N) is 1. The molecule has 3 rings (SSSR count). The Balaban J connectivity index is 1.67. The van der Waals surface area contributed by atoms with E-state index >= 15 is 0 Å². The molecule has 2 aromatic rings. The highest BCUT2D eigenvalue weighted by Crippen LogP contribution is 2.21. The Morgan fingerprint density at radius 2 is 1.96 bits per heavy atom. The van der Waals surface area contributed by atoms with Crippen LogP contribution in [-0.2, 0) is 0 Å². The van der Waals surface area contributed by atoms with E-state index in [0.717, 1.165) is 37.0 Å². The monoisotopic (exact) mass is 315 g/mol. The number of hydrogen-bond donors (Lipinski definition) is 1. The number of nitrogens with zero attached hydrogens (tertiary/aromatic N) is 2. The van der Waals surface area contributed by atoms with E-state index in [2.05, 4.69) is 15.5 Å². The maximum absolute atomic E-state index is 12.1. The predicted molar refractivity (Wildman–Crippen MR) is 85.2 cm³/mol. The first-order valence-corrected chi connectivity index (χ1v) is 8.03. The maximum atomic E-state index is 12.1. The molecule has 0 bridgehead atoms. The van der Waals surface area contributed by atoms with Gasteiger partial charge in [0.1, 0.15) is 5.75 Å². The van der Waals surface area contributed by atoms with E-state index in [0.29, 0.717) is 5.82 Å². The minimum absolute atomic E-state index is 0.00871. The summed E-state index contributed by atoms with van der Waals surface area (Å²) in [4.78, 5) is 16.3. The van der Waals surface area contributed by atoms with Crippen LogP contribution >= 0.6 is 0 Å². The average molecular weight is 315 g/mol. The van der Waals surface area contributed by atoms with Crippen molar-refractivity contribution in [1.29, 1.82) is 0 Å². The number of ether oxygens (including phenoxy) is 1. The number of carbonyl (C=O) groups is 1. The molecule has 0 unspecified atom stereocenters. The van der Waals surface area contributed by atoms with Crippen LogP contribution in [0.2, 0.25) is 0 Å². The Morgan fingerprint density at radius 3 is 2.61 bits per heavy atom. The number of amides is 1. The second kappa shape index (κ2) is 6.81. The fourth-order valence-electron chi connectivity index (χ4n) is 2.70. The van der Waals surface area contributed by atoms with Crippen molar-refractivity contribution >= 4 is 5.91 Å². The van der Waals surface area contributed by atoms with Gasteiger partial charge in [0.05, 0.1) is 6.10 Å². The van der Waals surface area contributed by atoms with Gasteiger partial charge < -0.3 is 14.6 Å². The first-order valence-electron chi connectivity index (χ1n) is 8.03. The fourth-order valence-corrected chi connectivity index (χ4v) is 2.70. The van der Waals surface area contributed by atoms with Gasteiger partial charge in [-0.1, -0.05) is 18.0 Å². The van der Waals surface area contributed by atoms with E-state index in [1.165, 1.54) is 0 Å². The van der Waals surface area contributed by atoms with Crippen LogP contribution in [0.5, 0.6) is 5.75 Å². The van der Waals surface area contributed by atoms with Crippen molar-refractivity contribution in [3.8, 4) is 17.1 Å². The third-order valence-corrected chi connectivity index (χ3v) is 3.79. The van der Waals surface area contributed by atoms with E-state index in [4.69, 9.17) is 9.26 Å². The van der Waals surface area contributed by atoms with Gasteiger partial charge in [0, 0.05) is 11.6 Å². The van der Waals surface area contributed by atoms with Crippen LogP contribution in [0.3, 0.4) is 0 Å². The number of benzene rings is 1. The zero-order valence-corrected chi connectivity index (χ0v) is 13.4. The molecule has 1 heterocycles. The molecule has 0 spiro atoms. The molecule has 23 heavy (non-hydrogen) atoms. The average Bonchev–Trinajstić information content (AvgIpc) is 3.18. The fraction of sp³-hybridized carbons (Fsp3) is 0.471. The molecule has 1 aromatic carbocycles. The standard InChI is InChI=1S/C17H21N3O3/c1-11(2)22-14-9-7-12(8-10-14)15-19-17(23-20-15)16(21)18-13-5-3-4-6-13/h7-11,13H,3-6H2,1-2H3,(H,18,21). The summed E-state index contributed by atoms with van der Waals surface area (Å²) in [5.41, 5.74) is 0.782. The van der Waals surface area contributed by atoms with Crippen LogP contribution in [-0.4, -0.2) is 28.2 Å². The van der Waals surface area contributed by atoms with E-state index < -0.39 is 0 Å². The lowest BCUT2D eigenvalue weighted by atomic mass is 10.2. The molecule has 1 aliphatic carbocycles. The molecule has 0 atom stereocenters. The van der Waals surface area contributed by atoms with E-state index in [-0.39, 0.29) is 23.9 Å². The molecule has 1 amide bonds. The Kier molecular flexibility index (Phi) is 4.60.